The number of carboxylic acids is 1. The molecule has 12 heteroatoms. The first kappa shape index (κ1) is 30.6. The van der Waals surface area contributed by atoms with Crippen LogP contribution in [-0.2, 0) is 20.8 Å². The molecule has 0 saturated carbocycles. The zero-order chi connectivity index (χ0) is 23.8. The van der Waals surface area contributed by atoms with Crippen molar-refractivity contribution >= 4 is 23.1 Å². The summed E-state index contributed by atoms with van der Waals surface area (Å²) >= 11 is 0. The first-order chi connectivity index (χ1) is 15.9. The van der Waals surface area contributed by atoms with E-state index in [2.05, 4.69) is 6.26 Å². The molecule has 0 amide bonds. The van der Waals surface area contributed by atoms with E-state index in [1.165, 1.54) is 12.1 Å². The molecule has 4 rings (SSSR count). The molecule has 0 bridgehead atoms. The van der Waals surface area contributed by atoms with E-state index in [1.807, 2.05) is 0 Å². The van der Waals surface area contributed by atoms with Crippen LogP contribution in [0.3, 0.4) is 0 Å². The molecule has 0 fully saturated rings. The maximum atomic E-state index is 12.0. The normalized spacial score (nSPS) is 12.0. The van der Waals surface area contributed by atoms with E-state index in [-0.39, 0.29) is 95.1 Å². The zero-order valence-electron chi connectivity index (χ0n) is 18.9. The van der Waals surface area contributed by atoms with Crippen LogP contribution in [0.25, 0.3) is 11.0 Å². The molecular weight excluding hydrogens is 482 g/mol. The number of aliphatic carboxylic acids is 1. The minimum Gasteiger partial charge on any atom is -0.580 e. The fourth-order valence-corrected chi connectivity index (χ4v) is 3.06. The smallest absolute Gasteiger partial charge is 0.580 e. The van der Waals surface area contributed by atoms with Crippen LogP contribution in [0.4, 0.5) is 0 Å². The minimum atomic E-state index is -1.39. The number of hydrogen-bond acceptors (Lipinski definition) is 10. The Bertz CT molecular complexity index is 1270. The Morgan fingerprint density at radius 1 is 1.11 bits per heavy atom. The molecule has 1 aliphatic heterocycles. The van der Waals surface area contributed by atoms with Crippen molar-refractivity contribution in [3.8, 4) is 17.2 Å². The number of allylic oxidation sites excluding steroid dienone is 1. The van der Waals surface area contributed by atoms with Crippen molar-refractivity contribution in [2.24, 2.45) is 0 Å². The summed E-state index contributed by atoms with van der Waals surface area (Å²) in [6.45, 7) is -0.196. The Hall–Kier alpha value is -2.40. The number of carbonyl (C=O) groups is 1. The molecule has 0 saturated heterocycles. The topological polar surface area (TPSA) is 152 Å². The van der Waals surface area contributed by atoms with Crippen LogP contribution < -0.4 is 83.9 Å². The number of ether oxygens (including phenoxy) is 3. The fourth-order valence-electron chi connectivity index (χ4n) is 3.06. The van der Waals surface area contributed by atoms with Gasteiger partial charge in [-0.25, -0.2) is 0 Å². The van der Waals surface area contributed by atoms with Gasteiger partial charge in [0.1, 0.15) is 48.3 Å². The summed E-state index contributed by atoms with van der Waals surface area (Å²) in [6, 6.07) is 11.1. The average Bonchev–Trinajstić information content (AvgIpc) is 2.81. The molecule has 1 aromatic heterocycles. The van der Waals surface area contributed by atoms with Gasteiger partial charge < -0.3 is 38.4 Å². The summed E-state index contributed by atoms with van der Waals surface area (Å²) in [7, 11) is 0. The number of carboxylic acid groups (broad SMARTS) is 1. The quantitative estimate of drug-likeness (QED) is 0.247. The summed E-state index contributed by atoms with van der Waals surface area (Å²) in [4.78, 5) is 39.2. The van der Waals surface area contributed by atoms with Gasteiger partial charge >= 0.3 is 65.3 Å². The molecule has 2 heterocycles. The second kappa shape index (κ2) is 14.9. The van der Waals surface area contributed by atoms with Gasteiger partial charge in [-0.05, 0) is 35.9 Å². The minimum absolute atomic E-state index is 0. The van der Waals surface area contributed by atoms with E-state index in [4.69, 9.17) is 28.2 Å². The van der Waals surface area contributed by atoms with Crippen molar-refractivity contribution in [3.05, 3.63) is 76.3 Å². The molecule has 10 nitrogen and oxygen atoms in total. The van der Waals surface area contributed by atoms with Gasteiger partial charge in [-0.15, -0.1) is 0 Å². The van der Waals surface area contributed by atoms with E-state index >= 15 is 0 Å². The van der Waals surface area contributed by atoms with Crippen molar-refractivity contribution in [2.75, 3.05) is 13.2 Å². The van der Waals surface area contributed by atoms with E-state index in [1.54, 1.807) is 36.4 Å². The third kappa shape index (κ3) is 8.06. The van der Waals surface area contributed by atoms with Gasteiger partial charge in [0, 0.05) is 17.6 Å². The first-order valence-corrected chi connectivity index (χ1v) is 9.51. The number of aliphatic hydroxyl groups is 1. The maximum absolute atomic E-state index is 12.0. The Kier molecular flexibility index (Phi) is 13.0. The molecule has 1 unspecified atom stereocenters. The number of hydrogen-bond donors (Lipinski definition) is 1. The summed E-state index contributed by atoms with van der Waals surface area (Å²) in [5.74, 6) is -0.523. The van der Waals surface area contributed by atoms with Crippen LogP contribution in [0.5, 0.6) is 17.2 Å². The SMILES string of the molecule is O=C([O-])C1=CCc2c(OCC(O)COc3cccc4o[c-]cc(=O)c34)cccc2O1.O=C=O.[Na+].[Na+]. The van der Waals surface area contributed by atoms with Gasteiger partial charge in [-0.3, -0.25) is 0 Å². The fraction of sp³-hybridized carbons (Fsp3) is 0.174. The molecule has 2 aromatic carbocycles. The molecule has 0 spiro atoms. The van der Waals surface area contributed by atoms with Gasteiger partial charge in [-0.1, -0.05) is 24.3 Å². The third-order valence-corrected chi connectivity index (χ3v) is 4.46. The third-order valence-electron chi connectivity index (χ3n) is 4.46. The molecule has 0 aliphatic carbocycles. The molecule has 1 atom stereocenters. The van der Waals surface area contributed by atoms with E-state index in [9.17, 15) is 19.8 Å². The van der Waals surface area contributed by atoms with Crippen molar-refractivity contribution < 1.29 is 102 Å². The monoisotopic (exact) mass is 498 g/mol. The standard InChI is InChI=1S/C22H17O8.CO2.2Na/c23-13(12-29-19-6-2-5-18-21(19)15(24)9-10-27-18)11-28-16-3-1-4-17-14(16)7-8-20(30-17)22(25)26;2-1-3;;/h1-6,8-9,13,23H,7,11-12H2,(H,25,26);;;/q-1;;2*+1/p-1. The molecule has 1 aliphatic rings. The van der Waals surface area contributed by atoms with Crippen LogP contribution >= 0.6 is 0 Å². The molecule has 3 aromatic rings. The number of rotatable bonds is 7. The van der Waals surface area contributed by atoms with Crippen molar-refractivity contribution in [2.45, 2.75) is 12.5 Å². The summed E-state index contributed by atoms with van der Waals surface area (Å²) in [6.07, 6.45) is 3.36. The number of aliphatic hydroxyl groups excluding tert-OH is 1. The van der Waals surface area contributed by atoms with Crippen LogP contribution in [-0.4, -0.2) is 36.5 Å². The second-order valence-electron chi connectivity index (χ2n) is 6.61. The molecule has 1 N–H and O–H groups in total. The van der Waals surface area contributed by atoms with Crippen molar-refractivity contribution in [1.29, 1.82) is 0 Å². The van der Waals surface area contributed by atoms with E-state index in [0.717, 1.165) is 0 Å². The van der Waals surface area contributed by atoms with Crippen molar-refractivity contribution in [3.63, 3.8) is 0 Å². The molecular formula is C23H16Na2O10. The van der Waals surface area contributed by atoms with Gasteiger partial charge in [-0.2, -0.15) is 9.59 Å². The predicted molar refractivity (Wildman–Crippen MR) is 107 cm³/mol. The van der Waals surface area contributed by atoms with Gasteiger partial charge in [0.25, 0.3) is 0 Å². The molecule has 35 heavy (non-hydrogen) atoms. The molecule has 170 valence electrons. The van der Waals surface area contributed by atoms with Crippen LogP contribution in [0.15, 0.2) is 63.5 Å². The summed E-state index contributed by atoms with van der Waals surface area (Å²) in [5, 5.41) is 21.5. The Labute approximate surface area is 243 Å². The van der Waals surface area contributed by atoms with Crippen LogP contribution in [0.2, 0.25) is 0 Å². The van der Waals surface area contributed by atoms with Crippen molar-refractivity contribution in [1.82, 2.24) is 0 Å². The second-order valence-corrected chi connectivity index (χ2v) is 6.61. The van der Waals surface area contributed by atoms with Gasteiger partial charge in [0.15, 0.2) is 0 Å². The van der Waals surface area contributed by atoms with E-state index in [0.29, 0.717) is 34.8 Å². The zero-order valence-corrected chi connectivity index (χ0v) is 22.9. The molecule has 0 radical (unpaired) electrons. The Balaban J connectivity index is 0.00000117. The number of carbonyl (C=O) groups excluding carboxylic acids is 3. The maximum Gasteiger partial charge on any atom is 1.00 e. The number of fused-ring (bicyclic) bond motifs is 2. The number of benzene rings is 2. The van der Waals surface area contributed by atoms with Crippen LogP contribution in [0.1, 0.15) is 5.56 Å². The summed E-state index contributed by atoms with van der Waals surface area (Å²) in [5.41, 5.74) is 0.710. The predicted octanol–water partition coefficient (Wildman–Crippen LogP) is -5.59. The van der Waals surface area contributed by atoms with E-state index < -0.39 is 12.1 Å². The largest absolute Gasteiger partial charge is 1.00 e. The van der Waals surface area contributed by atoms with Crippen LogP contribution in [0, 0.1) is 6.26 Å². The first-order valence-electron chi connectivity index (χ1n) is 9.51. The Morgan fingerprint density at radius 3 is 2.43 bits per heavy atom. The Morgan fingerprint density at radius 2 is 1.74 bits per heavy atom. The van der Waals surface area contributed by atoms with Gasteiger partial charge in [0.2, 0.25) is 0 Å². The summed E-state index contributed by atoms with van der Waals surface area (Å²) < 4.78 is 21.7. The average molecular weight is 498 g/mol. The van der Waals surface area contributed by atoms with Gasteiger partial charge in [0.05, 0.1) is 5.43 Å².